The van der Waals surface area contributed by atoms with Crippen molar-refractivity contribution in [2.45, 2.75) is 0 Å². The van der Waals surface area contributed by atoms with Crippen LogP contribution in [0.4, 0.5) is 0 Å². The topological polar surface area (TPSA) is 22.1 Å². The molecule has 0 saturated heterocycles. The number of thiazole rings is 1. The van der Waals surface area contributed by atoms with Crippen LogP contribution in [0.25, 0.3) is 43.0 Å². The van der Waals surface area contributed by atoms with Crippen LogP contribution in [-0.2, 0) is 0 Å². The van der Waals surface area contributed by atoms with Crippen molar-refractivity contribution in [2.75, 3.05) is 7.11 Å². The summed E-state index contributed by atoms with van der Waals surface area (Å²) in [4.78, 5) is 4.90. The van der Waals surface area contributed by atoms with Crippen LogP contribution in [0.2, 0.25) is 0 Å². The molecule has 0 amide bonds. The average Bonchev–Trinajstić information content (AvgIpc) is 3.23. The van der Waals surface area contributed by atoms with Crippen LogP contribution in [0.5, 0.6) is 5.75 Å². The molecule has 1 heterocycles. The molecule has 4 aromatic carbocycles. The average molecular weight is 394 g/mol. The van der Waals surface area contributed by atoms with Gasteiger partial charge in [-0.2, -0.15) is 0 Å². The van der Waals surface area contributed by atoms with Crippen LogP contribution < -0.4 is 4.74 Å². The molecule has 140 valence electrons. The van der Waals surface area contributed by atoms with Crippen molar-refractivity contribution in [1.29, 1.82) is 0 Å². The van der Waals surface area contributed by atoms with Gasteiger partial charge in [-0.25, -0.2) is 4.98 Å². The van der Waals surface area contributed by atoms with E-state index in [0.717, 1.165) is 38.5 Å². The Hall–Kier alpha value is -3.43. The molecule has 0 aliphatic carbocycles. The number of para-hydroxylation sites is 1. The van der Waals surface area contributed by atoms with Crippen molar-refractivity contribution in [3.05, 3.63) is 97.1 Å². The summed E-state index contributed by atoms with van der Waals surface area (Å²) in [5, 5.41) is 0.970. The van der Waals surface area contributed by atoms with E-state index in [0.29, 0.717) is 0 Å². The summed E-state index contributed by atoms with van der Waals surface area (Å²) in [6.45, 7) is 0. The molecule has 0 fully saturated rings. The molecule has 3 heteroatoms. The molecular formula is C26H19NOS. The summed E-state index contributed by atoms with van der Waals surface area (Å²) in [6.07, 6.45) is 0. The zero-order valence-electron chi connectivity index (χ0n) is 16.0. The minimum absolute atomic E-state index is 0.856. The fourth-order valence-electron chi connectivity index (χ4n) is 3.62. The number of benzene rings is 4. The summed E-state index contributed by atoms with van der Waals surface area (Å²) >= 11 is 1.70. The summed E-state index contributed by atoms with van der Waals surface area (Å²) in [5.74, 6) is 0.856. The van der Waals surface area contributed by atoms with Crippen LogP contribution >= 0.6 is 11.3 Å². The van der Waals surface area contributed by atoms with Gasteiger partial charge in [-0.05, 0) is 41.0 Å². The van der Waals surface area contributed by atoms with E-state index in [2.05, 4.69) is 78.9 Å². The number of fused-ring (bicyclic) bond motifs is 1. The molecule has 0 unspecified atom stereocenters. The number of nitrogens with zero attached hydrogens (tertiary/aromatic N) is 1. The van der Waals surface area contributed by atoms with Crippen molar-refractivity contribution in [3.63, 3.8) is 0 Å². The lowest BCUT2D eigenvalue weighted by molar-refractivity contribution is 0.418. The molecule has 0 aliphatic heterocycles. The van der Waals surface area contributed by atoms with E-state index in [-0.39, 0.29) is 0 Å². The Morgan fingerprint density at radius 2 is 1.28 bits per heavy atom. The van der Waals surface area contributed by atoms with E-state index in [1.807, 2.05) is 18.2 Å². The quantitative estimate of drug-likeness (QED) is 0.319. The van der Waals surface area contributed by atoms with Crippen molar-refractivity contribution in [2.24, 2.45) is 0 Å². The zero-order chi connectivity index (χ0) is 19.6. The van der Waals surface area contributed by atoms with E-state index >= 15 is 0 Å². The standard InChI is InChI=1S/C26H19NOS/c1-28-25-21(19-12-6-3-7-13-19)16-20(18-10-4-2-5-11-18)17-22(25)26-27-23-14-8-9-15-24(23)29-26/h2-17H,1H3. The normalized spacial score (nSPS) is 10.9. The van der Waals surface area contributed by atoms with Gasteiger partial charge in [0.15, 0.2) is 0 Å². The Bertz CT molecular complexity index is 1240. The van der Waals surface area contributed by atoms with Crippen LogP contribution in [0, 0.1) is 0 Å². The lowest BCUT2D eigenvalue weighted by Crippen LogP contribution is -1.94. The largest absolute Gasteiger partial charge is 0.495 e. The second kappa shape index (κ2) is 7.53. The van der Waals surface area contributed by atoms with Gasteiger partial charge >= 0.3 is 0 Å². The van der Waals surface area contributed by atoms with Gasteiger partial charge < -0.3 is 4.74 Å². The second-order valence-corrected chi connectivity index (χ2v) is 7.85. The fourth-order valence-corrected chi connectivity index (χ4v) is 4.60. The van der Waals surface area contributed by atoms with E-state index < -0.39 is 0 Å². The Morgan fingerprint density at radius 1 is 0.655 bits per heavy atom. The van der Waals surface area contributed by atoms with Crippen LogP contribution in [0.1, 0.15) is 0 Å². The summed E-state index contributed by atoms with van der Waals surface area (Å²) in [7, 11) is 1.74. The molecule has 0 atom stereocenters. The molecule has 5 aromatic rings. The minimum atomic E-state index is 0.856. The Morgan fingerprint density at radius 3 is 1.97 bits per heavy atom. The number of hydrogen-bond donors (Lipinski definition) is 0. The zero-order valence-corrected chi connectivity index (χ0v) is 16.8. The van der Waals surface area contributed by atoms with Crippen LogP contribution in [-0.4, -0.2) is 12.1 Å². The molecule has 5 rings (SSSR count). The molecular weight excluding hydrogens is 374 g/mol. The predicted molar refractivity (Wildman–Crippen MR) is 122 cm³/mol. The molecule has 0 spiro atoms. The van der Waals surface area contributed by atoms with Gasteiger partial charge in [0.2, 0.25) is 0 Å². The smallest absolute Gasteiger partial charge is 0.136 e. The van der Waals surface area contributed by atoms with Gasteiger partial charge in [0.25, 0.3) is 0 Å². The van der Waals surface area contributed by atoms with Crippen molar-refractivity contribution < 1.29 is 4.74 Å². The van der Waals surface area contributed by atoms with Gasteiger partial charge in [-0.1, -0.05) is 72.8 Å². The third-order valence-electron chi connectivity index (χ3n) is 5.01. The van der Waals surface area contributed by atoms with Crippen LogP contribution in [0.3, 0.4) is 0 Å². The number of ether oxygens (including phenoxy) is 1. The Balaban J connectivity index is 1.80. The van der Waals surface area contributed by atoms with Crippen molar-refractivity contribution in [3.8, 4) is 38.6 Å². The summed E-state index contributed by atoms with van der Waals surface area (Å²) in [6, 6.07) is 33.5. The first-order valence-corrected chi connectivity index (χ1v) is 10.3. The lowest BCUT2D eigenvalue weighted by atomic mass is 9.95. The van der Waals surface area contributed by atoms with Gasteiger partial charge in [-0.3, -0.25) is 0 Å². The molecule has 1 aromatic heterocycles. The maximum absolute atomic E-state index is 5.94. The van der Waals surface area contributed by atoms with Gasteiger partial charge in [-0.15, -0.1) is 11.3 Å². The first-order valence-electron chi connectivity index (χ1n) is 9.52. The maximum Gasteiger partial charge on any atom is 0.136 e. The highest BCUT2D eigenvalue weighted by molar-refractivity contribution is 7.21. The summed E-state index contributed by atoms with van der Waals surface area (Å²) < 4.78 is 7.12. The Kier molecular flexibility index (Phi) is 4.59. The SMILES string of the molecule is COc1c(-c2ccccc2)cc(-c2ccccc2)cc1-c1nc2ccccc2s1. The predicted octanol–water partition coefficient (Wildman–Crippen LogP) is 7.31. The molecule has 0 aliphatic rings. The highest BCUT2D eigenvalue weighted by Gasteiger charge is 2.18. The van der Waals surface area contributed by atoms with E-state index in [4.69, 9.17) is 9.72 Å². The first kappa shape index (κ1) is 17.7. The monoisotopic (exact) mass is 393 g/mol. The van der Waals surface area contributed by atoms with E-state index in [1.165, 1.54) is 10.3 Å². The van der Waals surface area contributed by atoms with E-state index in [9.17, 15) is 0 Å². The third kappa shape index (κ3) is 3.30. The fraction of sp³-hybridized carbons (Fsp3) is 0.0385. The summed E-state index contributed by atoms with van der Waals surface area (Å²) in [5.41, 5.74) is 6.57. The molecule has 0 saturated carbocycles. The molecule has 0 bridgehead atoms. The molecule has 0 N–H and O–H groups in total. The minimum Gasteiger partial charge on any atom is -0.495 e. The van der Waals surface area contributed by atoms with E-state index in [1.54, 1.807) is 18.4 Å². The number of methoxy groups -OCH3 is 1. The van der Waals surface area contributed by atoms with Gasteiger partial charge in [0, 0.05) is 5.56 Å². The highest BCUT2D eigenvalue weighted by atomic mass is 32.1. The second-order valence-electron chi connectivity index (χ2n) is 6.82. The number of rotatable bonds is 4. The molecule has 2 nitrogen and oxygen atoms in total. The molecule has 29 heavy (non-hydrogen) atoms. The van der Waals surface area contributed by atoms with Crippen molar-refractivity contribution >= 4 is 21.6 Å². The number of aromatic nitrogens is 1. The number of hydrogen-bond acceptors (Lipinski definition) is 3. The van der Waals surface area contributed by atoms with Gasteiger partial charge in [0.05, 0.1) is 22.9 Å². The van der Waals surface area contributed by atoms with Gasteiger partial charge in [0.1, 0.15) is 10.8 Å². The lowest BCUT2D eigenvalue weighted by Gasteiger charge is -2.15. The Labute approximate surface area is 174 Å². The maximum atomic E-state index is 5.94. The molecule has 0 radical (unpaired) electrons. The highest BCUT2D eigenvalue weighted by Crippen LogP contribution is 2.44. The first-order chi connectivity index (χ1) is 14.3. The third-order valence-corrected chi connectivity index (χ3v) is 6.08. The van der Waals surface area contributed by atoms with Crippen molar-refractivity contribution in [1.82, 2.24) is 4.98 Å². The van der Waals surface area contributed by atoms with Crippen LogP contribution in [0.15, 0.2) is 97.1 Å².